The van der Waals surface area contributed by atoms with Crippen molar-refractivity contribution in [2.75, 3.05) is 0 Å². The van der Waals surface area contributed by atoms with Gasteiger partial charge >= 0.3 is 11.9 Å². The van der Waals surface area contributed by atoms with Gasteiger partial charge in [0.1, 0.15) is 17.3 Å². The number of halogens is 1. The van der Waals surface area contributed by atoms with E-state index in [1.165, 1.54) is 12.1 Å². The topological polar surface area (TPSA) is 52.6 Å². The fourth-order valence-corrected chi connectivity index (χ4v) is 3.26. The molecule has 0 amide bonds. The van der Waals surface area contributed by atoms with Gasteiger partial charge in [-0.05, 0) is 31.0 Å². The standard InChI is InChI=1S/C24H25FO4/c1-3-5-11-21(26)28-23-17-9-7-8-10-18(17)24(29-22(27)12-6-4-2)20-15-16(25)13-14-19(20)23/h7-10,13-15H,3-6,11-12H2,1-2H3. The van der Waals surface area contributed by atoms with Gasteiger partial charge in [-0.25, -0.2) is 4.39 Å². The number of esters is 2. The van der Waals surface area contributed by atoms with E-state index < -0.39 is 5.82 Å². The molecular formula is C24H25FO4. The van der Waals surface area contributed by atoms with Gasteiger partial charge in [0.25, 0.3) is 0 Å². The van der Waals surface area contributed by atoms with Crippen LogP contribution < -0.4 is 9.47 Å². The molecular weight excluding hydrogens is 371 g/mol. The summed E-state index contributed by atoms with van der Waals surface area (Å²) < 4.78 is 25.5. The molecule has 3 rings (SSSR count). The molecule has 0 saturated carbocycles. The SMILES string of the molecule is CCCCC(=O)Oc1c2ccccc2c(OC(=O)CCCC)c2cc(F)ccc12. The molecule has 0 bridgehead atoms. The summed E-state index contributed by atoms with van der Waals surface area (Å²) in [4.78, 5) is 24.6. The van der Waals surface area contributed by atoms with E-state index in [2.05, 4.69) is 0 Å². The second-order valence-electron chi connectivity index (χ2n) is 7.05. The van der Waals surface area contributed by atoms with Crippen molar-refractivity contribution in [3.05, 3.63) is 48.3 Å². The van der Waals surface area contributed by atoms with Crippen LogP contribution in [0, 0.1) is 5.82 Å². The lowest BCUT2D eigenvalue weighted by Gasteiger charge is -2.16. The lowest BCUT2D eigenvalue weighted by atomic mass is 10.00. The first-order valence-electron chi connectivity index (χ1n) is 10.1. The van der Waals surface area contributed by atoms with Crippen LogP contribution in [0.3, 0.4) is 0 Å². The first kappa shape index (κ1) is 20.8. The third-order valence-corrected chi connectivity index (χ3v) is 4.79. The van der Waals surface area contributed by atoms with Crippen LogP contribution in [0.2, 0.25) is 0 Å². The minimum absolute atomic E-state index is 0.287. The van der Waals surface area contributed by atoms with E-state index in [1.54, 1.807) is 18.2 Å². The van der Waals surface area contributed by atoms with Crippen molar-refractivity contribution in [3.63, 3.8) is 0 Å². The van der Waals surface area contributed by atoms with E-state index in [1.807, 2.05) is 26.0 Å². The molecule has 5 heteroatoms. The maximum Gasteiger partial charge on any atom is 0.311 e. The molecule has 152 valence electrons. The minimum Gasteiger partial charge on any atom is -0.425 e. The molecule has 0 unspecified atom stereocenters. The highest BCUT2D eigenvalue weighted by Gasteiger charge is 2.20. The Bertz CT molecular complexity index is 1040. The van der Waals surface area contributed by atoms with E-state index >= 15 is 0 Å². The average Bonchev–Trinajstić information content (AvgIpc) is 2.72. The number of rotatable bonds is 8. The van der Waals surface area contributed by atoms with Crippen molar-refractivity contribution >= 4 is 33.5 Å². The van der Waals surface area contributed by atoms with Crippen LogP contribution in [0.1, 0.15) is 52.4 Å². The summed E-state index contributed by atoms with van der Waals surface area (Å²) in [7, 11) is 0. The van der Waals surface area contributed by atoms with Gasteiger partial charge in [-0.2, -0.15) is 0 Å². The van der Waals surface area contributed by atoms with E-state index in [0.717, 1.165) is 25.7 Å². The molecule has 0 spiro atoms. The molecule has 0 aliphatic heterocycles. The summed E-state index contributed by atoms with van der Waals surface area (Å²) in [5, 5.41) is 2.20. The zero-order valence-electron chi connectivity index (χ0n) is 16.8. The van der Waals surface area contributed by atoms with E-state index in [9.17, 15) is 14.0 Å². The monoisotopic (exact) mass is 396 g/mol. The maximum atomic E-state index is 14.1. The fourth-order valence-electron chi connectivity index (χ4n) is 3.26. The third-order valence-electron chi connectivity index (χ3n) is 4.79. The van der Waals surface area contributed by atoms with Crippen LogP contribution in [-0.4, -0.2) is 11.9 Å². The van der Waals surface area contributed by atoms with Crippen molar-refractivity contribution < 1.29 is 23.5 Å². The Morgan fingerprint density at radius 2 is 1.24 bits per heavy atom. The van der Waals surface area contributed by atoms with Crippen molar-refractivity contribution in [2.45, 2.75) is 52.4 Å². The second-order valence-corrected chi connectivity index (χ2v) is 7.05. The number of unbranched alkanes of at least 4 members (excludes halogenated alkanes) is 2. The fraction of sp³-hybridized carbons (Fsp3) is 0.333. The smallest absolute Gasteiger partial charge is 0.311 e. The van der Waals surface area contributed by atoms with Crippen molar-refractivity contribution in [3.8, 4) is 11.5 Å². The van der Waals surface area contributed by atoms with Crippen LogP contribution in [0.5, 0.6) is 11.5 Å². The summed E-state index contributed by atoms with van der Waals surface area (Å²) in [5.41, 5.74) is 0. The van der Waals surface area contributed by atoms with E-state index in [4.69, 9.17) is 9.47 Å². The number of hydrogen-bond acceptors (Lipinski definition) is 4. The summed E-state index contributed by atoms with van der Waals surface area (Å²) in [5.74, 6) is -0.498. The molecule has 29 heavy (non-hydrogen) atoms. The van der Waals surface area contributed by atoms with Gasteiger partial charge in [0.15, 0.2) is 0 Å². The molecule has 3 aromatic carbocycles. The molecule has 0 atom stereocenters. The van der Waals surface area contributed by atoms with Gasteiger partial charge in [0.05, 0.1) is 0 Å². The van der Waals surface area contributed by atoms with E-state index in [-0.39, 0.29) is 18.4 Å². The Hall–Kier alpha value is -2.95. The first-order chi connectivity index (χ1) is 14.0. The number of ether oxygens (including phenoxy) is 2. The Morgan fingerprint density at radius 1 is 0.759 bits per heavy atom. The number of hydrogen-bond donors (Lipinski definition) is 0. The Morgan fingerprint density at radius 3 is 1.76 bits per heavy atom. The largest absolute Gasteiger partial charge is 0.425 e. The van der Waals surface area contributed by atoms with Gasteiger partial charge in [0.2, 0.25) is 0 Å². The molecule has 0 N–H and O–H groups in total. The van der Waals surface area contributed by atoms with Crippen LogP contribution in [0.4, 0.5) is 4.39 Å². The second kappa shape index (κ2) is 9.50. The van der Waals surface area contributed by atoms with Gasteiger partial charge < -0.3 is 9.47 Å². The molecule has 0 fully saturated rings. The van der Waals surface area contributed by atoms with Gasteiger partial charge in [-0.15, -0.1) is 0 Å². The summed E-state index contributed by atoms with van der Waals surface area (Å²) in [6, 6.07) is 11.4. The van der Waals surface area contributed by atoms with Crippen LogP contribution >= 0.6 is 0 Å². The van der Waals surface area contributed by atoms with Gasteiger partial charge in [-0.3, -0.25) is 9.59 Å². The van der Waals surface area contributed by atoms with Crippen LogP contribution in [0.25, 0.3) is 21.5 Å². The molecule has 4 nitrogen and oxygen atoms in total. The minimum atomic E-state index is -0.457. The number of fused-ring (bicyclic) bond motifs is 2. The number of carbonyl (C=O) groups excluding carboxylic acids is 2. The van der Waals surface area contributed by atoms with Crippen molar-refractivity contribution in [1.29, 1.82) is 0 Å². The van der Waals surface area contributed by atoms with Crippen molar-refractivity contribution in [1.82, 2.24) is 0 Å². The quantitative estimate of drug-likeness (QED) is 0.254. The average molecular weight is 396 g/mol. The zero-order chi connectivity index (χ0) is 20.8. The molecule has 0 radical (unpaired) electrons. The van der Waals surface area contributed by atoms with Gasteiger partial charge in [-0.1, -0.05) is 51.0 Å². The Labute approximate surface area is 169 Å². The molecule has 3 aromatic rings. The normalized spacial score (nSPS) is 11.0. The molecule has 0 heterocycles. The summed E-state index contributed by atoms with van der Waals surface area (Å²) >= 11 is 0. The predicted octanol–water partition coefficient (Wildman–Crippen LogP) is 6.32. The Balaban J connectivity index is 2.17. The maximum absolute atomic E-state index is 14.1. The number of carbonyl (C=O) groups is 2. The third kappa shape index (κ3) is 4.73. The molecule has 0 aliphatic carbocycles. The summed E-state index contributed by atoms with van der Waals surface area (Å²) in [6.07, 6.45) is 3.80. The molecule has 0 aliphatic rings. The first-order valence-corrected chi connectivity index (χ1v) is 10.1. The summed E-state index contributed by atoms with van der Waals surface area (Å²) in [6.45, 7) is 4.00. The van der Waals surface area contributed by atoms with Crippen molar-refractivity contribution in [2.24, 2.45) is 0 Å². The molecule has 0 aromatic heterocycles. The van der Waals surface area contributed by atoms with Gasteiger partial charge in [0, 0.05) is 34.4 Å². The highest BCUT2D eigenvalue weighted by atomic mass is 19.1. The highest BCUT2D eigenvalue weighted by molar-refractivity contribution is 6.12. The van der Waals surface area contributed by atoms with E-state index in [0.29, 0.717) is 39.5 Å². The predicted molar refractivity (Wildman–Crippen MR) is 112 cm³/mol. The lowest BCUT2D eigenvalue weighted by molar-refractivity contribution is -0.135. The van der Waals surface area contributed by atoms with Crippen LogP contribution in [-0.2, 0) is 9.59 Å². The number of benzene rings is 3. The lowest BCUT2D eigenvalue weighted by Crippen LogP contribution is -2.10. The highest BCUT2D eigenvalue weighted by Crippen LogP contribution is 2.43. The zero-order valence-corrected chi connectivity index (χ0v) is 16.8. The Kier molecular flexibility index (Phi) is 6.81. The molecule has 0 saturated heterocycles. The van der Waals surface area contributed by atoms with Crippen LogP contribution in [0.15, 0.2) is 42.5 Å².